The van der Waals surface area contributed by atoms with Gasteiger partial charge in [0.15, 0.2) is 0 Å². The number of carbonyl (C=O) groups excluding carboxylic acids is 2. The maximum absolute atomic E-state index is 12.7. The molecule has 0 aliphatic heterocycles. The summed E-state index contributed by atoms with van der Waals surface area (Å²) in [6.07, 6.45) is 0.250. The maximum Gasteiger partial charge on any atom is 0.242 e. The molecule has 158 valence electrons. The largest absolute Gasteiger partial charge is 0.347 e. The quantitative estimate of drug-likeness (QED) is 0.604. The number of hydrogen-bond donors (Lipinski definition) is 1. The molecule has 0 fully saturated rings. The van der Waals surface area contributed by atoms with Crippen molar-refractivity contribution >= 4 is 33.9 Å². The number of amides is 2. The lowest BCUT2D eigenvalue weighted by molar-refractivity contribution is -0.133. The molecular weight excluding hydrogens is 394 g/mol. The number of aryl methyl sites for hydroxylation is 1. The van der Waals surface area contributed by atoms with Crippen LogP contribution in [0.3, 0.4) is 0 Å². The summed E-state index contributed by atoms with van der Waals surface area (Å²) in [6.45, 7) is 8.21. The number of benzene rings is 2. The fourth-order valence-electron chi connectivity index (χ4n) is 3.44. The summed E-state index contributed by atoms with van der Waals surface area (Å²) in [7, 11) is 1.78. The van der Waals surface area contributed by atoms with Gasteiger partial charge in [-0.05, 0) is 30.2 Å². The van der Waals surface area contributed by atoms with E-state index in [-0.39, 0.29) is 30.8 Å². The van der Waals surface area contributed by atoms with Crippen LogP contribution in [0.25, 0.3) is 10.8 Å². The van der Waals surface area contributed by atoms with Gasteiger partial charge in [0.05, 0.1) is 29.7 Å². The standard InChI is InChI=1S/C24H29N3O2S/c1-15(2)24-26-16(3)23(30-24)17(4)27(5)22(29)14-25-21(28)13-19-11-8-10-18-9-6-7-12-20(18)19/h6-12,15,17H,13-14H2,1-5H3,(H,25,28). The van der Waals surface area contributed by atoms with Gasteiger partial charge in [-0.3, -0.25) is 9.59 Å². The summed E-state index contributed by atoms with van der Waals surface area (Å²) in [5.74, 6) is 0.0912. The Hall–Kier alpha value is -2.73. The molecule has 1 unspecified atom stereocenters. The zero-order valence-corrected chi connectivity index (χ0v) is 19.0. The van der Waals surface area contributed by atoms with Crippen LogP contribution in [0.2, 0.25) is 0 Å². The van der Waals surface area contributed by atoms with E-state index >= 15 is 0 Å². The molecule has 0 bridgehead atoms. The highest BCUT2D eigenvalue weighted by molar-refractivity contribution is 7.11. The molecule has 5 nitrogen and oxygen atoms in total. The predicted octanol–water partition coefficient (Wildman–Crippen LogP) is 4.61. The second-order valence-electron chi connectivity index (χ2n) is 7.93. The van der Waals surface area contributed by atoms with Crippen LogP contribution in [-0.4, -0.2) is 35.3 Å². The van der Waals surface area contributed by atoms with Crippen molar-refractivity contribution in [3.63, 3.8) is 0 Å². The highest BCUT2D eigenvalue weighted by atomic mass is 32.1. The summed E-state index contributed by atoms with van der Waals surface area (Å²) in [5.41, 5.74) is 1.93. The topological polar surface area (TPSA) is 62.3 Å². The Morgan fingerprint density at radius 3 is 2.50 bits per heavy atom. The molecule has 0 saturated heterocycles. The van der Waals surface area contributed by atoms with Crippen LogP contribution in [0, 0.1) is 6.92 Å². The van der Waals surface area contributed by atoms with Gasteiger partial charge in [-0.1, -0.05) is 56.3 Å². The Morgan fingerprint density at radius 1 is 1.10 bits per heavy atom. The van der Waals surface area contributed by atoms with E-state index in [0.717, 1.165) is 31.9 Å². The summed E-state index contributed by atoms with van der Waals surface area (Å²) in [6, 6.07) is 13.8. The Kier molecular flexibility index (Phi) is 6.87. The minimum Gasteiger partial charge on any atom is -0.347 e. The average molecular weight is 424 g/mol. The molecule has 1 aromatic heterocycles. The van der Waals surface area contributed by atoms with E-state index in [1.54, 1.807) is 23.3 Å². The molecule has 1 atom stereocenters. The van der Waals surface area contributed by atoms with E-state index in [9.17, 15) is 9.59 Å². The third kappa shape index (κ3) is 4.87. The fraction of sp³-hybridized carbons (Fsp3) is 0.375. The number of hydrogen-bond acceptors (Lipinski definition) is 4. The normalized spacial score (nSPS) is 12.2. The SMILES string of the molecule is Cc1nc(C(C)C)sc1C(C)N(C)C(=O)CNC(=O)Cc1cccc2ccccc12. The fourth-order valence-corrected chi connectivity index (χ4v) is 4.60. The highest BCUT2D eigenvalue weighted by Crippen LogP contribution is 2.31. The molecule has 0 spiro atoms. The Bertz CT molecular complexity index is 1050. The molecular formula is C24H29N3O2S. The molecule has 6 heteroatoms. The van der Waals surface area contributed by atoms with E-state index in [2.05, 4.69) is 24.1 Å². The lowest BCUT2D eigenvalue weighted by Crippen LogP contribution is -2.39. The lowest BCUT2D eigenvalue weighted by Gasteiger charge is -2.24. The monoisotopic (exact) mass is 423 g/mol. The first-order valence-electron chi connectivity index (χ1n) is 10.2. The molecule has 0 aliphatic carbocycles. The van der Waals surface area contributed by atoms with Crippen molar-refractivity contribution in [3.05, 3.63) is 63.6 Å². The molecule has 2 amide bonds. The van der Waals surface area contributed by atoms with Gasteiger partial charge in [-0.15, -0.1) is 11.3 Å². The lowest BCUT2D eigenvalue weighted by atomic mass is 10.0. The Labute approximate surface area is 182 Å². The summed E-state index contributed by atoms with van der Waals surface area (Å²) in [5, 5.41) is 6.03. The minimum absolute atomic E-state index is 0.0146. The molecule has 0 aliphatic rings. The van der Waals surface area contributed by atoms with Crippen molar-refractivity contribution in [2.45, 2.75) is 46.1 Å². The van der Waals surface area contributed by atoms with Crippen LogP contribution in [-0.2, 0) is 16.0 Å². The number of nitrogens with one attached hydrogen (secondary N) is 1. The van der Waals surface area contributed by atoms with Gasteiger partial charge in [0.25, 0.3) is 0 Å². The zero-order chi connectivity index (χ0) is 21.8. The average Bonchev–Trinajstić information content (AvgIpc) is 3.13. The first kappa shape index (κ1) is 22.0. The molecule has 3 aromatic rings. The predicted molar refractivity (Wildman–Crippen MR) is 123 cm³/mol. The third-order valence-corrected chi connectivity index (χ3v) is 6.99. The maximum atomic E-state index is 12.7. The van der Waals surface area contributed by atoms with Crippen LogP contribution in [0.5, 0.6) is 0 Å². The molecule has 1 N–H and O–H groups in total. The van der Waals surface area contributed by atoms with Gasteiger partial charge < -0.3 is 10.2 Å². The van der Waals surface area contributed by atoms with E-state index < -0.39 is 0 Å². The molecule has 1 heterocycles. The number of aromatic nitrogens is 1. The Morgan fingerprint density at radius 2 is 1.80 bits per heavy atom. The van der Waals surface area contributed by atoms with Crippen LogP contribution >= 0.6 is 11.3 Å². The number of carbonyl (C=O) groups is 2. The minimum atomic E-state index is -0.156. The van der Waals surface area contributed by atoms with Crippen molar-refractivity contribution in [1.82, 2.24) is 15.2 Å². The van der Waals surface area contributed by atoms with E-state index in [1.165, 1.54) is 0 Å². The van der Waals surface area contributed by atoms with E-state index in [0.29, 0.717) is 5.92 Å². The highest BCUT2D eigenvalue weighted by Gasteiger charge is 2.23. The molecule has 30 heavy (non-hydrogen) atoms. The number of likely N-dealkylation sites (N-methyl/N-ethyl adjacent to an activating group) is 1. The summed E-state index contributed by atoms with van der Waals surface area (Å²) < 4.78 is 0. The number of fused-ring (bicyclic) bond motifs is 1. The van der Waals surface area contributed by atoms with Crippen molar-refractivity contribution in [1.29, 1.82) is 0 Å². The van der Waals surface area contributed by atoms with Gasteiger partial charge in [-0.25, -0.2) is 4.98 Å². The second-order valence-corrected chi connectivity index (χ2v) is 8.99. The third-order valence-electron chi connectivity index (χ3n) is 5.36. The molecule has 2 aromatic carbocycles. The molecule has 0 saturated carbocycles. The van der Waals surface area contributed by atoms with E-state index in [1.807, 2.05) is 56.3 Å². The number of thiazole rings is 1. The number of nitrogens with zero attached hydrogens (tertiary/aromatic N) is 2. The van der Waals surface area contributed by atoms with Gasteiger partial charge in [0.2, 0.25) is 11.8 Å². The van der Waals surface area contributed by atoms with Gasteiger partial charge in [-0.2, -0.15) is 0 Å². The Balaban J connectivity index is 1.59. The summed E-state index contributed by atoms with van der Waals surface area (Å²) >= 11 is 1.66. The van der Waals surface area contributed by atoms with Crippen LogP contribution in [0.15, 0.2) is 42.5 Å². The van der Waals surface area contributed by atoms with Crippen molar-refractivity contribution in [3.8, 4) is 0 Å². The first-order valence-corrected chi connectivity index (χ1v) is 11.1. The zero-order valence-electron chi connectivity index (χ0n) is 18.2. The van der Waals surface area contributed by atoms with Crippen molar-refractivity contribution in [2.24, 2.45) is 0 Å². The molecule has 0 radical (unpaired) electrons. The van der Waals surface area contributed by atoms with Gasteiger partial charge >= 0.3 is 0 Å². The van der Waals surface area contributed by atoms with Crippen molar-refractivity contribution in [2.75, 3.05) is 13.6 Å². The van der Waals surface area contributed by atoms with Gasteiger partial charge in [0.1, 0.15) is 0 Å². The van der Waals surface area contributed by atoms with Crippen LogP contribution in [0.4, 0.5) is 0 Å². The molecule has 3 rings (SSSR count). The number of rotatable bonds is 7. The van der Waals surface area contributed by atoms with Crippen LogP contribution < -0.4 is 5.32 Å². The smallest absolute Gasteiger partial charge is 0.242 e. The summed E-state index contributed by atoms with van der Waals surface area (Å²) in [4.78, 5) is 32.5. The van der Waals surface area contributed by atoms with Crippen LogP contribution in [0.1, 0.15) is 53.9 Å². The van der Waals surface area contributed by atoms with Crippen molar-refractivity contribution < 1.29 is 9.59 Å². The second kappa shape index (κ2) is 9.39. The van der Waals surface area contributed by atoms with Gasteiger partial charge in [0, 0.05) is 17.8 Å². The first-order chi connectivity index (χ1) is 14.3. The van der Waals surface area contributed by atoms with E-state index in [4.69, 9.17) is 0 Å².